The number of hydrogen-bond donors (Lipinski definition) is 1. The smallest absolute Gasteiger partial charge is 0.224 e. The number of hydrogen-bond acceptors (Lipinski definition) is 3. The zero-order chi connectivity index (χ0) is 15.4. The Hall–Kier alpha value is -1.29. The summed E-state index contributed by atoms with van der Waals surface area (Å²) in [5.41, 5.74) is 3.10. The lowest BCUT2D eigenvalue weighted by molar-refractivity contribution is 0.451. The summed E-state index contributed by atoms with van der Waals surface area (Å²) in [6.07, 6.45) is 0. The molecule has 5 heteroatoms. The largest absolute Gasteiger partial charge is 0.439 e. The summed E-state index contributed by atoms with van der Waals surface area (Å²) < 4.78 is 5.91. The van der Waals surface area contributed by atoms with Gasteiger partial charge in [-0.3, -0.25) is 0 Å². The van der Waals surface area contributed by atoms with Crippen molar-refractivity contribution in [3.05, 3.63) is 51.1 Å². The molecule has 1 N–H and O–H groups in total. The highest BCUT2D eigenvalue weighted by Gasteiger charge is 2.11. The average Bonchev–Trinajstić information content (AvgIpc) is 2.36. The number of rotatable bonds is 5. The number of aryl methyl sites for hydroxylation is 2. The minimum absolute atomic E-state index is 0.537. The van der Waals surface area contributed by atoms with Crippen LogP contribution >= 0.6 is 23.2 Å². The molecular weight excluding hydrogens is 307 g/mol. The van der Waals surface area contributed by atoms with E-state index in [1.807, 2.05) is 13.0 Å². The second kappa shape index (κ2) is 7.12. The highest BCUT2D eigenvalue weighted by Crippen LogP contribution is 2.30. The zero-order valence-corrected chi connectivity index (χ0v) is 13.8. The molecule has 0 radical (unpaired) electrons. The molecular formula is C16H18Cl2N2O. The SMILES string of the molecule is CCNCc1c(C)cc(C)nc1Oc1cc(Cl)cc(Cl)c1. The molecule has 0 atom stereocenters. The fourth-order valence-corrected chi connectivity index (χ4v) is 2.58. The molecule has 2 rings (SSSR count). The predicted molar refractivity (Wildman–Crippen MR) is 87.6 cm³/mol. The topological polar surface area (TPSA) is 34.2 Å². The third-order valence-electron chi connectivity index (χ3n) is 3.04. The van der Waals surface area contributed by atoms with Gasteiger partial charge in [-0.2, -0.15) is 0 Å². The second-order valence-electron chi connectivity index (χ2n) is 4.85. The molecule has 0 unspecified atom stereocenters. The van der Waals surface area contributed by atoms with Gasteiger partial charge in [-0.25, -0.2) is 4.98 Å². The molecule has 21 heavy (non-hydrogen) atoms. The van der Waals surface area contributed by atoms with Crippen LogP contribution in [0.3, 0.4) is 0 Å². The fourth-order valence-electron chi connectivity index (χ4n) is 2.08. The van der Waals surface area contributed by atoms with E-state index in [4.69, 9.17) is 27.9 Å². The lowest BCUT2D eigenvalue weighted by Crippen LogP contribution is -2.14. The Bertz CT molecular complexity index is 624. The summed E-state index contributed by atoms with van der Waals surface area (Å²) in [4.78, 5) is 4.49. The first-order valence-corrected chi connectivity index (χ1v) is 7.57. The van der Waals surface area contributed by atoms with Crippen LogP contribution in [0.15, 0.2) is 24.3 Å². The molecule has 1 aromatic carbocycles. The molecule has 3 nitrogen and oxygen atoms in total. The Morgan fingerprint density at radius 2 is 1.76 bits per heavy atom. The van der Waals surface area contributed by atoms with Crippen LogP contribution in [0.2, 0.25) is 10.0 Å². The summed E-state index contributed by atoms with van der Waals surface area (Å²) in [5.74, 6) is 1.18. The predicted octanol–water partition coefficient (Wildman–Crippen LogP) is 4.91. The number of ether oxygens (including phenoxy) is 1. The Labute approximate surface area is 135 Å². The van der Waals surface area contributed by atoms with E-state index < -0.39 is 0 Å². The quantitative estimate of drug-likeness (QED) is 0.848. The van der Waals surface area contributed by atoms with Gasteiger partial charge in [-0.15, -0.1) is 0 Å². The molecule has 1 aromatic heterocycles. The highest BCUT2D eigenvalue weighted by molar-refractivity contribution is 6.34. The molecule has 0 aliphatic rings. The van der Waals surface area contributed by atoms with Crippen molar-refractivity contribution in [2.24, 2.45) is 0 Å². The van der Waals surface area contributed by atoms with E-state index in [1.165, 1.54) is 0 Å². The molecule has 0 amide bonds. The Morgan fingerprint density at radius 3 is 2.38 bits per heavy atom. The van der Waals surface area contributed by atoms with Crippen molar-refractivity contribution >= 4 is 23.2 Å². The molecule has 0 aliphatic heterocycles. The van der Waals surface area contributed by atoms with E-state index in [0.717, 1.165) is 23.4 Å². The van der Waals surface area contributed by atoms with Gasteiger partial charge in [0.1, 0.15) is 5.75 Å². The zero-order valence-electron chi connectivity index (χ0n) is 12.3. The molecule has 0 saturated carbocycles. The maximum Gasteiger partial charge on any atom is 0.224 e. The van der Waals surface area contributed by atoms with Gasteiger partial charge >= 0.3 is 0 Å². The maximum atomic E-state index is 6.01. The van der Waals surface area contributed by atoms with E-state index >= 15 is 0 Å². The number of nitrogens with zero attached hydrogens (tertiary/aromatic N) is 1. The standard InChI is InChI=1S/C16H18Cl2N2O/c1-4-19-9-15-10(2)5-11(3)20-16(15)21-14-7-12(17)6-13(18)8-14/h5-8,19H,4,9H2,1-3H3. The minimum atomic E-state index is 0.537. The highest BCUT2D eigenvalue weighted by atomic mass is 35.5. The second-order valence-corrected chi connectivity index (χ2v) is 5.72. The van der Waals surface area contributed by atoms with Crippen molar-refractivity contribution in [1.82, 2.24) is 10.3 Å². The minimum Gasteiger partial charge on any atom is -0.439 e. The molecule has 0 spiro atoms. The van der Waals surface area contributed by atoms with E-state index in [1.54, 1.807) is 18.2 Å². The first-order valence-electron chi connectivity index (χ1n) is 6.81. The van der Waals surface area contributed by atoms with Gasteiger partial charge in [0.2, 0.25) is 5.88 Å². The van der Waals surface area contributed by atoms with Crippen molar-refractivity contribution in [2.45, 2.75) is 27.3 Å². The van der Waals surface area contributed by atoms with Gasteiger partial charge in [0, 0.05) is 27.8 Å². The lowest BCUT2D eigenvalue weighted by atomic mass is 10.1. The van der Waals surface area contributed by atoms with E-state index in [9.17, 15) is 0 Å². The molecule has 2 aromatic rings. The van der Waals surface area contributed by atoms with Gasteiger partial charge in [-0.05, 0) is 50.2 Å². The van der Waals surface area contributed by atoms with Crippen molar-refractivity contribution in [3.8, 4) is 11.6 Å². The van der Waals surface area contributed by atoms with Crippen LogP contribution in [0, 0.1) is 13.8 Å². The van der Waals surface area contributed by atoms with E-state index in [2.05, 4.69) is 24.1 Å². The summed E-state index contributed by atoms with van der Waals surface area (Å²) >= 11 is 12.0. The molecule has 112 valence electrons. The molecule has 0 fully saturated rings. The first-order chi connectivity index (χ1) is 9.99. The van der Waals surface area contributed by atoms with Crippen LogP contribution in [0.4, 0.5) is 0 Å². The fraction of sp³-hybridized carbons (Fsp3) is 0.312. The Kier molecular flexibility index (Phi) is 5.45. The number of benzene rings is 1. The van der Waals surface area contributed by atoms with Crippen LogP contribution < -0.4 is 10.1 Å². The lowest BCUT2D eigenvalue weighted by Gasteiger charge is -2.14. The summed E-state index contributed by atoms with van der Waals surface area (Å²) in [7, 11) is 0. The molecule has 0 bridgehead atoms. The monoisotopic (exact) mass is 324 g/mol. The van der Waals surface area contributed by atoms with E-state index in [-0.39, 0.29) is 0 Å². The normalized spacial score (nSPS) is 10.7. The molecule has 1 heterocycles. The van der Waals surface area contributed by atoms with Gasteiger partial charge in [0.05, 0.1) is 0 Å². The number of pyridine rings is 1. The van der Waals surface area contributed by atoms with Crippen molar-refractivity contribution in [1.29, 1.82) is 0 Å². The number of aromatic nitrogens is 1. The van der Waals surface area contributed by atoms with Crippen molar-refractivity contribution in [3.63, 3.8) is 0 Å². The van der Waals surface area contributed by atoms with Crippen LogP contribution in [0.1, 0.15) is 23.7 Å². The van der Waals surface area contributed by atoms with Gasteiger partial charge < -0.3 is 10.1 Å². The van der Waals surface area contributed by atoms with Crippen LogP contribution in [-0.2, 0) is 6.54 Å². The number of halogens is 2. The summed E-state index contributed by atoms with van der Waals surface area (Å²) in [5, 5.41) is 4.38. The van der Waals surface area contributed by atoms with Gasteiger partial charge in [-0.1, -0.05) is 30.1 Å². The van der Waals surface area contributed by atoms with Crippen LogP contribution in [-0.4, -0.2) is 11.5 Å². The number of nitrogens with one attached hydrogen (secondary N) is 1. The third kappa shape index (κ3) is 4.34. The van der Waals surface area contributed by atoms with Crippen LogP contribution in [0.25, 0.3) is 0 Å². The van der Waals surface area contributed by atoms with Gasteiger partial charge in [0.15, 0.2) is 0 Å². The van der Waals surface area contributed by atoms with Crippen molar-refractivity contribution in [2.75, 3.05) is 6.54 Å². The average molecular weight is 325 g/mol. The van der Waals surface area contributed by atoms with Gasteiger partial charge in [0.25, 0.3) is 0 Å². The van der Waals surface area contributed by atoms with Crippen molar-refractivity contribution < 1.29 is 4.74 Å². The Balaban J connectivity index is 2.37. The summed E-state index contributed by atoms with van der Waals surface area (Å²) in [6.45, 7) is 7.66. The third-order valence-corrected chi connectivity index (χ3v) is 3.48. The van der Waals surface area contributed by atoms with Crippen LogP contribution in [0.5, 0.6) is 11.6 Å². The first kappa shape index (κ1) is 16.1. The summed E-state index contributed by atoms with van der Waals surface area (Å²) in [6, 6.07) is 7.17. The van der Waals surface area contributed by atoms with E-state index in [0.29, 0.717) is 28.2 Å². The maximum absolute atomic E-state index is 6.01. The molecule has 0 aliphatic carbocycles. The molecule has 0 saturated heterocycles. The Morgan fingerprint density at radius 1 is 1.10 bits per heavy atom.